The standard InChI is InChI=1S/C20H22N2O6S/c1-3-27-20(24)14-9-11-15(12-10-14)21-19(23)18-13-22(29(25,26)4-2)16-7-5-6-8-17(16)28-18/h5-12,18H,3-4,13H2,1-2H3,(H,21,23). The predicted molar refractivity (Wildman–Crippen MR) is 109 cm³/mol. The average molecular weight is 418 g/mol. The molecular formula is C20H22N2O6S. The van der Waals surface area contributed by atoms with Crippen molar-refractivity contribution in [1.29, 1.82) is 0 Å². The molecule has 2 aromatic rings. The molecule has 0 bridgehead atoms. The van der Waals surface area contributed by atoms with E-state index < -0.39 is 28.0 Å². The first-order chi connectivity index (χ1) is 13.9. The number of carbonyl (C=O) groups excluding carboxylic acids is 2. The highest BCUT2D eigenvalue weighted by Gasteiger charge is 2.35. The first-order valence-electron chi connectivity index (χ1n) is 9.20. The van der Waals surface area contributed by atoms with Gasteiger partial charge in [-0.05, 0) is 50.2 Å². The van der Waals surface area contributed by atoms with Crippen molar-refractivity contribution in [2.45, 2.75) is 20.0 Å². The van der Waals surface area contributed by atoms with Crippen molar-refractivity contribution >= 4 is 33.3 Å². The van der Waals surface area contributed by atoms with Crippen LogP contribution in [-0.4, -0.2) is 45.3 Å². The van der Waals surface area contributed by atoms with E-state index in [2.05, 4.69) is 5.32 Å². The number of hydrogen-bond donors (Lipinski definition) is 1. The zero-order valence-corrected chi connectivity index (χ0v) is 16.9. The van der Waals surface area contributed by atoms with Crippen molar-refractivity contribution in [3.63, 3.8) is 0 Å². The van der Waals surface area contributed by atoms with Gasteiger partial charge in [0.25, 0.3) is 5.91 Å². The summed E-state index contributed by atoms with van der Waals surface area (Å²) >= 11 is 0. The van der Waals surface area contributed by atoms with Crippen molar-refractivity contribution in [3.8, 4) is 5.75 Å². The molecule has 3 rings (SSSR count). The normalized spacial score (nSPS) is 15.8. The predicted octanol–water partition coefficient (Wildman–Crippen LogP) is 2.42. The molecule has 9 heteroatoms. The minimum Gasteiger partial charge on any atom is -0.476 e. The lowest BCUT2D eigenvalue weighted by Gasteiger charge is -2.34. The maximum Gasteiger partial charge on any atom is 0.338 e. The summed E-state index contributed by atoms with van der Waals surface area (Å²) in [5.41, 5.74) is 1.24. The quantitative estimate of drug-likeness (QED) is 0.723. The fourth-order valence-electron chi connectivity index (χ4n) is 2.88. The van der Waals surface area contributed by atoms with Crippen LogP contribution in [0, 0.1) is 0 Å². The molecule has 0 aliphatic carbocycles. The maximum atomic E-state index is 12.7. The molecule has 0 radical (unpaired) electrons. The minimum absolute atomic E-state index is 0.0923. The van der Waals surface area contributed by atoms with Gasteiger partial charge in [-0.2, -0.15) is 0 Å². The molecule has 2 aromatic carbocycles. The topological polar surface area (TPSA) is 102 Å². The van der Waals surface area contributed by atoms with E-state index in [9.17, 15) is 18.0 Å². The molecule has 29 heavy (non-hydrogen) atoms. The first kappa shape index (κ1) is 20.7. The van der Waals surface area contributed by atoms with Crippen LogP contribution in [0.5, 0.6) is 5.75 Å². The Hall–Kier alpha value is -3.07. The van der Waals surface area contributed by atoms with Crippen molar-refractivity contribution in [2.24, 2.45) is 0 Å². The molecule has 154 valence electrons. The summed E-state index contributed by atoms with van der Waals surface area (Å²) < 4.78 is 36.9. The summed E-state index contributed by atoms with van der Waals surface area (Å²) in [7, 11) is -3.57. The molecular weight excluding hydrogens is 396 g/mol. The number of esters is 1. The van der Waals surface area contributed by atoms with Gasteiger partial charge < -0.3 is 14.8 Å². The summed E-state index contributed by atoms with van der Waals surface area (Å²) in [5, 5.41) is 2.69. The van der Waals surface area contributed by atoms with E-state index in [0.29, 0.717) is 22.7 Å². The highest BCUT2D eigenvalue weighted by molar-refractivity contribution is 7.92. The number of nitrogens with one attached hydrogen (secondary N) is 1. The molecule has 0 fully saturated rings. The van der Waals surface area contributed by atoms with Crippen molar-refractivity contribution in [2.75, 3.05) is 28.5 Å². The molecule has 0 spiro atoms. The number of fused-ring (bicyclic) bond motifs is 1. The van der Waals surface area contributed by atoms with Crippen LogP contribution in [-0.2, 0) is 19.6 Å². The fourth-order valence-corrected chi connectivity index (χ4v) is 4.01. The second-order valence-electron chi connectivity index (χ2n) is 6.29. The Kier molecular flexibility index (Phi) is 6.07. The van der Waals surface area contributed by atoms with Crippen LogP contribution in [0.4, 0.5) is 11.4 Å². The van der Waals surface area contributed by atoms with Gasteiger partial charge in [0.15, 0.2) is 6.10 Å². The number of rotatable bonds is 6. The number of benzene rings is 2. The van der Waals surface area contributed by atoms with E-state index in [-0.39, 0.29) is 18.9 Å². The van der Waals surface area contributed by atoms with Gasteiger partial charge >= 0.3 is 5.97 Å². The zero-order chi connectivity index (χ0) is 21.0. The SMILES string of the molecule is CCOC(=O)c1ccc(NC(=O)C2CN(S(=O)(=O)CC)c3ccccc3O2)cc1. The van der Waals surface area contributed by atoms with Gasteiger partial charge in [-0.1, -0.05) is 12.1 Å². The molecule has 1 aliphatic rings. The molecule has 0 aromatic heterocycles. The third kappa shape index (κ3) is 4.51. The van der Waals surface area contributed by atoms with Crippen LogP contribution in [0.15, 0.2) is 48.5 Å². The number of amides is 1. The van der Waals surface area contributed by atoms with Gasteiger partial charge in [0.1, 0.15) is 5.75 Å². The second kappa shape index (κ2) is 8.52. The molecule has 0 saturated heterocycles. The van der Waals surface area contributed by atoms with Crippen LogP contribution in [0.1, 0.15) is 24.2 Å². The van der Waals surface area contributed by atoms with E-state index >= 15 is 0 Å². The number of carbonyl (C=O) groups is 2. The number of hydrogen-bond acceptors (Lipinski definition) is 6. The zero-order valence-electron chi connectivity index (χ0n) is 16.1. The van der Waals surface area contributed by atoms with Crippen molar-refractivity contribution in [1.82, 2.24) is 0 Å². The Morgan fingerprint density at radius 2 is 1.83 bits per heavy atom. The maximum absolute atomic E-state index is 12.7. The number of sulfonamides is 1. The molecule has 0 saturated carbocycles. The van der Waals surface area contributed by atoms with Gasteiger partial charge in [0, 0.05) is 5.69 Å². The largest absolute Gasteiger partial charge is 0.476 e. The summed E-state index contributed by atoms with van der Waals surface area (Å²) in [4.78, 5) is 24.4. The third-order valence-corrected chi connectivity index (χ3v) is 6.14. The van der Waals surface area contributed by atoms with Gasteiger partial charge in [-0.15, -0.1) is 0 Å². The monoisotopic (exact) mass is 418 g/mol. The summed E-state index contributed by atoms with van der Waals surface area (Å²) in [6.07, 6.45) is -1.02. The van der Waals surface area contributed by atoms with Gasteiger partial charge in [-0.25, -0.2) is 13.2 Å². The average Bonchev–Trinajstić information content (AvgIpc) is 2.73. The Labute approximate surface area is 169 Å². The summed E-state index contributed by atoms with van der Waals surface area (Å²) in [5.74, 6) is -0.698. The van der Waals surface area contributed by atoms with Crippen LogP contribution in [0.2, 0.25) is 0 Å². The van der Waals surface area contributed by atoms with E-state index in [1.165, 1.54) is 4.31 Å². The second-order valence-corrected chi connectivity index (χ2v) is 8.47. The molecule has 1 heterocycles. The Morgan fingerprint density at radius 3 is 2.48 bits per heavy atom. The van der Waals surface area contributed by atoms with Crippen molar-refractivity contribution < 1.29 is 27.5 Å². The van der Waals surface area contributed by atoms with E-state index in [1.54, 1.807) is 62.4 Å². The lowest BCUT2D eigenvalue weighted by atomic mass is 10.2. The molecule has 1 aliphatic heterocycles. The van der Waals surface area contributed by atoms with Crippen LogP contribution in [0.25, 0.3) is 0 Å². The fraction of sp³-hybridized carbons (Fsp3) is 0.300. The van der Waals surface area contributed by atoms with E-state index in [1.807, 2.05) is 0 Å². The smallest absolute Gasteiger partial charge is 0.338 e. The molecule has 1 amide bonds. The lowest BCUT2D eigenvalue weighted by molar-refractivity contribution is -0.122. The first-order valence-corrected chi connectivity index (χ1v) is 10.8. The Bertz CT molecular complexity index is 1000. The lowest BCUT2D eigenvalue weighted by Crippen LogP contribution is -2.49. The van der Waals surface area contributed by atoms with Crippen LogP contribution < -0.4 is 14.4 Å². The molecule has 1 N–H and O–H groups in total. The molecule has 1 unspecified atom stereocenters. The van der Waals surface area contributed by atoms with Gasteiger partial charge in [0.05, 0.1) is 30.2 Å². The van der Waals surface area contributed by atoms with E-state index in [4.69, 9.17) is 9.47 Å². The third-order valence-electron chi connectivity index (χ3n) is 4.39. The summed E-state index contributed by atoms with van der Waals surface area (Å²) in [6.45, 7) is 3.42. The van der Waals surface area contributed by atoms with E-state index in [0.717, 1.165) is 0 Å². The minimum atomic E-state index is -3.57. The molecule has 1 atom stereocenters. The summed E-state index contributed by atoms with van der Waals surface area (Å²) in [6, 6.07) is 12.9. The highest BCUT2D eigenvalue weighted by atomic mass is 32.2. The Balaban J connectivity index is 1.77. The molecule has 8 nitrogen and oxygen atoms in total. The number of nitrogens with zero attached hydrogens (tertiary/aromatic N) is 1. The van der Waals surface area contributed by atoms with Crippen LogP contribution in [0.3, 0.4) is 0 Å². The number of ether oxygens (including phenoxy) is 2. The van der Waals surface area contributed by atoms with Gasteiger partial charge in [0.2, 0.25) is 10.0 Å². The van der Waals surface area contributed by atoms with Gasteiger partial charge in [-0.3, -0.25) is 9.10 Å². The highest BCUT2D eigenvalue weighted by Crippen LogP contribution is 2.35. The Morgan fingerprint density at radius 1 is 1.14 bits per heavy atom. The number of para-hydroxylation sites is 2. The van der Waals surface area contributed by atoms with Crippen molar-refractivity contribution in [3.05, 3.63) is 54.1 Å². The van der Waals surface area contributed by atoms with Crippen LogP contribution >= 0.6 is 0 Å². The number of anilines is 2.